The summed E-state index contributed by atoms with van der Waals surface area (Å²) < 4.78 is 10.6. The molecule has 0 aromatic heterocycles. The molecular weight excluding hydrogens is 332 g/mol. The number of carbonyl (C=O) groups is 2. The van der Waals surface area contributed by atoms with Crippen molar-refractivity contribution in [1.29, 1.82) is 0 Å². The van der Waals surface area contributed by atoms with Crippen LogP contribution in [0.25, 0.3) is 0 Å². The summed E-state index contributed by atoms with van der Waals surface area (Å²) in [6.45, 7) is 0.392. The van der Waals surface area contributed by atoms with Crippen molar-refractivity contribution in [3.8, 4) is 5.75 Å². The first-order chi connectivity index (χ1) is 12.7. The van der Waals surface area contributed by atoms with E-state index in [9.17, 15) is 9.59 Å². The molecule has 0 saturated heterocycles. The van der Waals surface area contributed by atoms with E-state index in [0.29, 0.717) is 25.9 Å². The molecule has 0 heterocycles. The largest absolute Gasteiger partial charge is 0.493 e. The first kappa shape index (κ1) is 19.9. The molecule has 0 amide bonds. The van der Waals surface area contributed by atoms with Crippen molar-refractivity contribution in [2.75, 3.05) is 19.8 Å². The van der Waals surface area contributed by atoms with E-state index in [4.69, 9.17) is 14.6 Å². The van der Waals surface area contributed by atoms with Crippen LogP contribution >= 0.6 is 0 Å². The smallest absolute Gasteiger partial charge is 0.305 e. The van der Waals surface area contributed by atoms with Gasteiger partial charge in [0.25, 0.3) is 0 Å². The predicted octanol–water partition coefficient (Wildman–Crippen LogP) is 3.09. The lowest BCUT2D eigenvalue weighted by Crippen LogP contribution is -2.21. The number of carbonyl (C=O) groups excluding carboxylic acids is 2. The zero-order chi connectivity index (χ0) is 18.6. The summed E-state index contributed by atoms with van der Waals surface area (Å²) in [5, 5.41) is 8.58. The Hall–Kier alpha value is -2.40. The highest BCUT2D eigenvalue weighted by Crippen LogP contribution is 2.27. The van der Waals surface area contributed by atoms with Gasteiger partial charge in [0.2, 0.25) is 0 Å². The van der Waals surface area contributed by atoms with E-state index in [-0.39, 0.29) is 36.8 Å². The summed E-state index contributed by atoms with van der Waals surface area (Å²) in [4.78, 5) is 23.3. The van der Waals surface area contributed by atoms with Gasteiger partial charge in [-0.3, -0.25) is 9.59 Å². The highest BCUT2D eigenvalue weighted by Gasteiger charge is 2.29. The molecule has 2 atom stereocenters. The number of hydrogen-bond acceptors (Lipinski definition) is 5. The van der Waals surface area contributed by atoms with Gasteiger partial charge in [0.15, 0.2) is 5.78 Å². The van der Waals surface area contributed by atoms with E-state index in [2.05, 4.69) is 0 Å². The van der Waals surface area contributed by atoms with Crippen LogP contribution in [0.4, 0.5) is 0 Å². The predicted molar refractivity (Wildman–Crippen MR) is 98.7 cm³/mol. The molecule has 0 spiro atoms. The van der Waals surface area contributed by atoms with E-state index >= 15 is 0 Å². The number of aliphatic hydroxyl groups excluding tert-OH is 1. The average molecular weight is 358 g/mol. The number of ether oxygens (including phenoxy) is 2. The first-order valence-electron chi connectivity index (χ1n) is 9.02. The minimum absolute atomic E-state index is 0.0535. The van der Waals surface area contributed by atoms with Gasteiger partial charge in [-0.2, -0.15) is 0 Å². The fraction of sp³-hybridized carbons (Fsp3) is 0.429. The fourth-order valence-corrected chi connectivity index (χ4v) is 2.82. The van der Waals surface area contributed by atoms with Gasteiger partial charge in [0, 0.05) is 18.3 Å². The molecule has 0 fully saturated rings. The number of hydrogen-bond donors (Lipinski definition) is 1. The molecule has 1 N–H and O–H groups in total. The molecule has 2 rings (SSSR count). The summed E-state index contributed by atoms with van der Waals surface area (Å²) in [6, 6.07) is 9.59. The number of esters is 1. The van der Waals surface area contributed by atoms with Gasteiger partial charge in [-0.15, -0.1) is 0 Å². The minimum atomic E-state index is -0.291. The van der Waals surface area contributed by atoms with E-state index in [0.717, 1.165) is 12.2 Å². The molecule has 0 radical (unpaired) electrons. The Bertz CT molecular complexity index is 621. The second-order valence-electron chi connectivity index (χ2n) is 6.20. The molecule has 0 saturated carbocycles. The second-order valence-corrected chi connectivity index (χ2v) is 6.20. The molecule has 1 aliphatic carbocycles. The van der Waals surface area contributed by atoms with Crippen LogP contribution in [0.15, 0.2) is 54.6 Å². The SMILES string of the molecule is O=C(CCC/C=C\C[C@H]1C(=O)C=C[C@@H]1COc1ccccc1)OCCO. The molecular formula is C21H26O5. The van der Waals surface area contributed by atoms with Crippen LogP contribution in [0.1, 0.15) is 25.7 Å². The maximum atomic E-state index is 12.0. The Kier molecular flexibility index (Phi) is 8.63. The molecule has 1 aromatic rings. The Balaban J connectivity index is 1.68. The molecule has 0 unspecified atom stereocenters. The molecule has 5 heteroatoms. The van der Waals surface area contributed by atoms with E-state index < -0.39 is 0 Å². The number of para-hydroxylation sites is 1. The zero-order valence-corrected chi connectivity index (χ0v) is 14.9. The fourth-order valence-electron chi connectivity index (χ4n) is 2.82. The van der Waals surface area contributed by atoms with E-state index in [1.807, 2.05) is 48.6 Å². The number of benzene rings is 1. The molecule has 1 aromatic carbocycles. The Labute approximate surface area is 154 Å². The molecule has 0 aliphatic heterocycles. The van der Waals surface area contributed by atoms with Crippen LogP contribution in [0.5, 0.6) is 5.75 Å². The standard InChI is InChI=1S/C21H26O5/c22-14-15-25-21(24)11-7-2-1-6-10-19-17(12-13-20(19)23)16-26-18-8-4-3-5-9-18/h1,3-6,8-9,12-13,17,19,22H,2,7,10-11,14-16H2/b6-1-/t17-,19-/m1/s1. The summed E-state index contributed by atoms with van der Waals surface area (Å²) in [7, 11) is 0. The average Bonchev–Trinajstić information content (AvgIpc) is 3.01. The van der Waals surface area contributed by atoms with Crippen LogP contribution in [-0.2, 0) is 14.3 Å². The summed E-state index contributed by atoms with van der Waals surface area (Å²) >= 11 is 0. The van der Waals surface area contributed by atoms with Crippen LogP contribution in [0, 0.1) is 11.8 Å². The topological polar surface area (TPSA) is 72.8 Å². The third-order valence-corrected chi connectivity index (χ3v) is 4.24. The Morgan fingerprint density at radius 2 is 2.00 bits per heavy atom. The van der Waals surface area contributed by atoms with Crippen molar-refractivity contribution in [2.24, 2.45) is 11.8 Å². The number of allylic oxidation sites excluding steroid dienone is 3. The van der Waals surface area contributed by atoms with Gasteiger partial charge in [-0.1, -0.05) is 36.4 Å². The van der Waals surface area contributed by atoms with Crippen molar-refractivity contribution in [3.63, 3.8) is 0 Å². The van der Waals surface area contributed by atoms with Crippen molar-refractivity contribution in [3.05, 3.63) is 54.6 Å². The number of unbranched alkanes of at least 4 members (excludes halogenated alkanes) is 1. The van der Waals surface area contributed by atoms with Gasteiger partial charge in [-0.25, -0.2) is 0 Å². The lowest BCUT2D eigenvalue weighted by molar-refractivity contribution is -0.144. The van der Waals surface area contributed by atoms with E-state index in [1.54, 1.807) is 6.08 Å². The van der Waals surface area contributed by atoms with Crippen molar-refractivity contribution in [1.82, 2.24) is 0 Å². The Morgan fingerprint density at radius 1 is 1.19 bits per heavy atom. The van der Waals surface area contributed by atoms with Crippen LogP contribution < -0.4 is 4.74 Å². The molecule has 5 nitrogen and oxygen atoms in total. The number of rotatable bonds is 11. The van der Waals surface area contributed by atoms with Crippen LogP contribution in [0.2, 0.25) is 0 Å². The molecule has 26 heavy (non-hydrogen) atoms. The molecule has 140 valence electrons. The second kappa shape index (κ2) is 11.3. The van der Waals surface area contributed by atoms with Gasteiger partial charge in [0.05, 0.1) is 13.2 Å². The first-order valence-corrected chi connectivity index (χ1v) is 9.02. The Morgan fingerprint density at radius 3 is 2.77 bits per heavy atom. The van der Waals surface area contributed by atoms with Crippen molar-refractivity contribution >= 4 is 11.8 Å². The highest BCUT2D eigenvalue weighted by molar-refractivity contribution is 5.94. The van der Waals surface area contributed by atoms with Gasteiger partial charge in [-0.05, 0) is 37.5 Å². The lowest BCUT2D eigenvalue weighted by atomic mass is 9.92. The normalized spacial score (nSPS) is 19.2. The van der Waals surface area contributed by atoms with E-state index in [1.165, 1.54) is 0 Å². The monoisotopic (exact) mass is 358 g/mol. The van der Waals surface area contributed by atoms with Crippen LogP contribution in [0.3, 0.4) is 0 Å². The summed E-state index contributed by atoms with van der Waals surface area (Å²) in [6.07, 6.45) is 10.0. The third-order valence-electron chi connectivity index (χ3n) is 4.24. The zero-order valence-electron chi connectivity index (χ0n) is 14.9. The third kappa shape index (κ3) is 6.84. The maximum absolute atomic E-state index is 12.0. The maximum Gasteiger partial charge on any atom is 0.305 e. The molecule has 1 aliphatic rings. The minimum Gasteiger partial charge on any atom is -0.493 e. The number of ketones is 1. The summed E-state index contributed by atoms with van der Waals surface area (Å²) in [5.41, 5.74) is 0. The van der Waals surface area contributed by atoms with Crippen molar-refractivity contribution in [2.45, 2.75) is 25.7 Å². The van der Waals surface area contributed by atoms with Crippen molar-refractivity contribution < 1.29 is 24.2 Å². The quantitative estimate of drug-likeness (QED) is 0.374. The van der Waals surface area contributed by atoms with Gasteiger partial charge in [0.1, 0.15) is 12.4 Å². The molecule has 0 bridgehead atoms. The summed E-state index contributed by atoms with van der Waals surface area (Å²) in [5.74, 6) is 0.664. The lowest BCUT2D eigenvalue weighted by Gasteiger charge is -2.17. The number of aliphatic hydroxyl groups is 1. The van der Waals surface area contributed by atoms with Crippen LogP contribution in [-0.4, -0.2) is 36.7 Å². The highest BCUT2D eigenvalue weighted by atomic mass is 16.5. The van der Waals surface area contributed by atoms with Gasteiger partial charge < -0.3 is 14.6 Å². The van der Waals surface area contributed by atoms with Gasteiger partial charge >= 0.3 is 5.97 Å².